The molecule has 0 atom stereocenters. The van der Waals surface area contributed by atoms with Crippen LogP contribution >= 0.6 is 11.6 Å². The summed E-state index contributed by atoms with van der Waals surface area (Å²) in [5, 5.41) is 2.74. The number of halogens is 1. The van der Waals surface area contributed by atoms with Crippen LogP contribution in [0.25, 0.3) is 0 Å². The number of sulfonamides is 1. The van der Waals surface area contributed by atoms with Crippen LogP contribution in [0.2, 0.25) is 5.02 Å². The first-order valence-electron chi connectivity index (χ1n) is 8.00. The Bertz CT molecular complexity index is 735. The lowest BCUT2D eigenvalue weighted by Crippen LogP contribution is -2.40. The fourth-order valence-corrected chi connectivity index (χ4v) is 3.61. The van der Waals surface area contributed by atoms with Gasteiger partial charge in [-0.1, -0.05) is 11.6 Å². The maximum atomic E-state index is 12.7. The van der Waals surface area contributed by atoms with Gasteiger partial charge in [0.1, 0.15) is 0 Å². The summed E-state index contributed by atoms with van der Waals surface area (Å²) < 4.78 is 27.0. The number of carbonyl (C=O) groups is 2. The van der Waals surface area contributed by atoms with Crippen LogP contribution in [0.15, 0.2) is 23.1 Å². The molecule has 25 heavy (non-hydrogen) atoms. The average Bonchev–Trinajstić information content (AvgIpc) is 2.51. The van der Waals surface area contributed by atoms with Crippen LogP contribution in [0.4, 0.5) is 0 Å². The Morgan fingerprint density at radius 2 is 1.88 bits per heavy atom. The Morgan fingerprint density at radius 3 is 2.40 bits per heavy atom. The van der Waals surface area contributed by atoms with Crippen LogP contribution in [0, 0.1) is 0 Å². The quantitative estimate of drug-likeness (QED) is 0.706. The van der Waals surface area contributed by atoms with Gasteiger partial charge in [0.25, 0.3) is 5.91 Å². The van der Waals surface area contributed by atoms with Crippen molar-refractivity contribution in [2.24, 2.45) is 0 Å². The highest BCUT2D eigenvalue weighted by molar-refractivity contribution is 7.89. The van der Waals surface area contributed by atoms with Gasteiger partial charge in [-0.05, 0) is 45.9 Å². The summed E-state index contributed by atoms with van der Waals surface area (Å²) >= 11 is 6.08. The molecule has 0 fully saturated rings. The summed E-state index contributed by atoms with van der Waals surface area (Å²) in [6, 6.07) is 3.65. The summed E-state index contributed by atoms with van der Waals surface area (Å²) in [7, 11) is -3.76. The van der Waals surface area contributed by atoms with Crippen LogP contribution in [0.1, 0.15) is 38.1 Å². The first-order chi connectivity index (χ1) is 11.6. The van der Waals surface area contributed by atoms with E-state index in [1.807, 2.05) is 0 Å². The predicted octanol–water partition coefficient (Wildman–Crippen LogP) is 1.62. The molecule has 0 saturated carbocycles. The number of likely N-dealkylation sites (N-methyl/N-ethyl adjacent to an activating group) is 2. The monoisotopic (exact) mass is 389 g/mol. The zero-order valence-corrected chi connectivity index (χ0v) is 16.4. The average molecular weight is 390 g/mol. The highest BCUT2D eigenvalue weighted by Gasteiger charge is 2.23. The Kier molecular flexibility index (Phi) is 7.85. The molecule has 0 spiro atoms. The minimum atomic E-state index is -3.76. The van der Waals surface area contributed by atoms with Gasteiger partial charge < -0.3 is 10.2 Å². The van der Waals surface area contributed by atoms with Crippen molar-refractivity contribution in [3.63, 3.8) is 0 Å². The normalized spacial score (nSPS) is 11.4. The second-order valence-electron chi connectivity index (χ2n) is 5.69. The van der Waals surface area contributed by atoms with Crippen molar-refractivity contribution in [1.82, 2.24) is 14.9 Å². The smallest absolute Gasteiger partial charge is 0.255 e. The first kappa shape index (κ1) is 21.4. The van der Waals surface area contributed by atoms with Crippen molar-refractivity contribution in [2.45, 2.75) is 38.6 Å². The van der Waals surface area contributed by atoms with E-state index < -0.39 is 15.9 Å². The molecule has 0 aliphatic carbocycles. The van der Waals surface area contributed by atoms with Crippen LogP contribution in [0.5, 0.6) is 0 Å². The zero-order chi connectivity index (χ0) is 19.2. The van der Waals surface area contributed by atoms with E-state index in [0.717, 1.165) is 0 Å². The van der Waals surface area contributed by atoms with Gasteiger partial charge in [-0.25, -0.2) is 13.1 Å². The van der Waals surface area contributed by atoms with Gasteiger partial charge in [0.2, 0.25) is 15.9 Å². The summed E-state index contributed by atoms with van der Waals surface area (Å²) in [5.41, 5.74) is 0.0412. The van der Waals surface area contributed by atoms with Crippen molar-refractivity contribution < 1.29 is 18.0 Å². The third-order valence-corrected chi connectivity index (χ3v) is 5.23. The molecule has 0 aromatic heterocycles. The van der Waals surface area contributed by atoms with Crippen molar-refractivity contribution in [2.75, 3.05) is 19.6 Å². The van der Waals surface area contributed by atoms with Crippen molar-refractivity contribution in [3.05, 3.63) is 28.8 Å². The first-order valence-corrected chi connectivity index (χ1v) is 9.86. The Balaban J connectivity index is 3.16. The number of hydrogen-bond acceptors (Lipinski definition) is 4. The molecule has 1 rings (SSSR count). The molecule has 0 radical (unpaired) electrons. The van der Waals surface area contributed by atoms with Crippen LogP contribution in [0.3, 0.4) is 0 Å². The summed E-state index contributed by atoms with van der Waals surface area (Å²) in [5.74, 6) is -0.792. The molecule has 0 heterocycles. The van der Waals surface area contributed by atoms with Gasteiger partial charge in [-0.2, -0.15) is 0 Å². The lowest BCUT2D eigenvalue weighted by atomic mass is 10.2. The van der Waals surface area contributed by atoms with Gasteiger partial charge >= 0.3 is 0 Å². The molecule has 0 aliphatic heterocycles. The topological polar surface area (TPSA) is 95.6 Å². The number of carbonyl (C=O) groups excluding carboxylic acids is 2. The third kappa shape index (κ3) is 5.98. The van der Waals surface area contributed by atoms with Gasteiger partial charge in [0.15, 0.2) is 0 Å². The summed E-state index contributed by atoms with van der Waals surface area (Å²) in [6.07, 6.45) is 0. The van der Waals surface area contributed by atoms with Crippen LogP contribution in [-0.4, -0.2) is 50.8 Å². The summed E-state index contributed by atoms with van der Waals surface area (Å²) in [4.78, 5) is 25.7. The largest absolute Gasteiger partial charge is 0.355 e. The summed E-state index contributed by atoms with van der Waals surface area (Å²) in [6.45, 7) is 7.53. The zero-order valence-electron chi connectivity index (χ0n) is 14.8. The standard InChI is InChI=1S/C16H24ClN3O4S/c1-5-18-15(21)10-20(6-2)16(22)13-9-12(7-8-14(13)17)25(23,24)19-11(3)4/h7-9,11,19H,5-6,10H2,1-4H3,(H,18,21). The Labute approximate surface area is 153 Å². The molecule has 2 amide bonds. The van der Waals surface area contributed by atoms with Crippen molar-refractivity contribution in [1.29, 1.82) is 0 Å². The molecular formula is C16H24ClN3O4S. The minimum Gasteiger partial charge on any atom is -0.355 e. The van der Waals surface area contributed by atoms with E-state index in [9.17, 15) is 18.0 Å². The fourth-order valence-electron chi connectivity index (χ4n) is 2.14. The fraction of sp³-hybridized carbons (Fsp3) is 0.500. The maximum Gasteiger partial charge on any atom is 0.255 e. The molecular weight excluding hydrogens is 366 g/mol. The van der Waals surface area contributed by atoms with Gasteiger partial charge in [-0.3, -0.25) is 9.59 Å². The lowest BCUT2D eigenvalue weighted by molar-refractivity contribution is -0.121. The number of benzene rings is 1. The molecule has 9 heteroatoms. The van der Waals surface area contributed by atoms with Crippen molar-refractivity contribution >= 4 is 33.4 Å². The van der Waals surface area contributed by atoms with Crippen LogP contribution < -0.4 is 10.0 Å². The van der Waals surface area contributed by atoms with Gasteiger partial charge in [-0.15, -0.1) is 0 Å². The molecule has 7 nitrogen and oxygen atoms in total. The lowest BCUT2D eigenvalue weighted by Gasteiger charge is -2.21. The molecule has 0 saturated heterocycles. The maximum absolute atomic E-state index is 12.7. The van der Waals surface area contributed by atoms with E-state index in [-0.39, 0.29) is 40.5 Å². The number of nitrogens with one attached hydrogen (secondary N) is 2. The van der Waals surface area contributed by atoms with E-state index in [0.29, 0.717) is 6.54 Å². The third-order valence-electron chi connectivity index (χ3n) is 3.25. The number of rotatable bonds is 8. The Hall–Kier alpha value is -1.64. The number of amides is 2. The highest BCUT2D eigenvalue weighted by Crippen LogP contribution is 2.22. The van der Waals surface area contributed by atoms with Crippen LogP contribution in [-0.2, 0) is 14.8 Å². The predicted molar refractivity (Wildman–Crippen MR) is 97.2 cm³/mol. The molecule has 140 valence electrons. The molecule has 0 aliphatic rings. The Morgan fingerprint density at radius 1 is 1.24 bits per heavy atom. The van der Waals surface area contributed by atoms with Gasteiger partial charge in [0, 0.05) is 19.1 Å². The van der Waals surface area contributed by atoms with E-state index >= 15 is 0 Å². The molecule has 1 aromatic carbocycles. The molecule has 0 unspecified atom stereocenters. The second kappa shape index (κ2) is 9.17. The van der Waals surface area contributed by atoms with E-state index in [1.54, 1.807) is 27.7 Å². The molecule has 0 bridgehead atoms. The van der Waals surface area contributed by atoms with E-state index in [1.165, 1.54) is 23.1 Å². The second-order valence-corrected chi connectivity index (χ2v) is 7.81. The minimum absolute atomic E-state index is 0.0412. The molecule has 1 aromatic rings. The van der Waals surface area contributed by atoms with E-state index in [4.69, 9.17) is 11.6 Å². The van der Waals surface area contributed by atoms with Gasteiger partial charge in [0.05, 0.1) is 22.0 Å². The van der Waals surface area contributed by atoms with E-state index in [2.05, 4.69) is 10.0 Å². The SMILES string of the molecule is CCNC(=O)CN(CC)C(=O)c1cc(S(=O)(=O)NC(C)C)ccc1Cl. The highest BCUT2D eigenvalue weighted by atomic mass is 35.5. The number of nitrogens with zero attached hydrogens (tertiary/aromatic N) is 1. The van der Waals surface area contributed by atoms with Crippen molar-refractivity contribution in [3.8, 4) is 0 Å². The number of hydrogen-bond donors (Lipinski definition) is 2. The molecule has 2 N–H and O–H groups in total.